The van der Waals surface area contributed by atoms with Crippen LogP contribution in [0.3, 0.4) is 0 Å². The van der Waals surface area contributed by atoms with E-state index >= 15 is 0 Å². The van der Waals surface area contributed by atoms with Crippen LogP contribution >= 0.6 is 0 Å². The number of carboxylic acids is 1. The van der Waals surface area contributed by atoms with E-state index in [-0.39, 0.29) is 12.5 Å². The van der Waals surface area contributed by atoms with Gasteiger partial charge in [0.1, 0.15) is 5.69 Å². The lowest BCUT2D eigenvalue weighted by Gasteiger charge is -2.39. The number of hydrogen-bond donors (Lipinski definition) is 1. The smallest absolute Gasteiger partial charge is 0.311 e. The van der Waals surface area contributed by atoms with Crippen LogP contribution in [-0.2, 0) is 18.3 Å². The van der Waals surface area contributed by atoms with E-state index in [1.165, 1.54) is 0 Å². The summed E-state index contributed by atoms with van der Waals surface area (Å²) in [5, 5.41) is 13.8. The Morgan fingerprint density at radius 1 is 1.43 bits per heavy atom. The topological polar surface area (TPSA) is 75.4 Å². The third-order valence-electron chi connectivity index (χ3n) is 4.51. The van der Waals surface area contributed by atoms with E-state index in [4.69, 9.17) is 0 Å². The van der Waals surface area contributed by atoms with Crippen molar-refractivity contribution in [3.63, 3.8) is 0 Å². The van der Waals surface area contributed by atoms with Crippen LogP contribution in [0.15, 0.2) is 6.07 Å². The molecule has 0 aliphatic carbocycles. The zero-order valence-corrected chi connectivity index (χ0v) is 12.9. The molecule has 0 bridgehead atoms. The van der Waals surface area contributed by atoms with Crippen molar-refractivity contribution in [3.8, 4) is 0 Å². The molecule has 1 aliphatic rings. The van der Waals surface area contributed by atoms with Gasteiger partial charge in [-0.1, -0.05) is 13.8 Å². The third-order valence-corrected chi connectivity index (χ3v) is 4.51. The lowest BCUT2D eigenvalue weighted by molar-refractivity contribution is -0.152. The molecule has 2 rings (SSSR count). The minimum Gasteiger partial charge on any atom is -0.481 e. The first-order valence-corrected chi connectivity index (χ1v) is 7.49. The summed E-state index contributed by atoms with van der Waals surface area (Å²) in [4.78, 5) is 25.9. The fourth-order valence-electron chi connectivity index (χ4n) is 2.98. The number of nitrogens with zero attached hydrogens (tertiary/aromatic N) is 3. The van der Waals surface area contributed by atoms with Gasteiger partial charge in [0.15, 0.2) is 0 Å². The van der Waals surface area contributed by atoms with E-state index in [1.54, 1.807) is 22.7 Å². The van der Waals surface area contributed by atoms with Crippen LogP contribution in [0.4, 0.5) is 0 Å². The monoisotopic (exact) mass is 293 g/mol. The zero-order valence-electron chi connectivity index (χ0n) is 12.9. The number of aromatic nitrogens is 2. The fraction of sp³-hybridized carbons (Fsp3) is 0.667. The Kier molecular flexibility index (Phi) is 4.34. The minimum absolute atomic E-state index is 0.122. The molecule has 21 heavy (non-hydrogen) atoms. The van der Waals surface area contributed by atoms with Gasteiger partial charge in [-0.15, -0.1) is 0 Å². The molecule has 2 heterocycles. The molecular formula is C15H23N3O3. The van der Waals surface area contributed by atoms with Crippen molar-refractivity contribution in [2.75, 3.05) is 13.1 Å². The van der Waals surface area contributed by atoms with Gasteiger partial charge in [0.05, 0.1) is 11.1 Å². The quantitative estimate of drug-likeness (QED) is 0.916. The highest BCUT2D eigenvalue weighted by Gasteiger charge is 2.42. The molecule has 1 amide bonds. The van der Waals surface area contributed by atoms with E-state index in [0.717, 1.165) is 18.5 Å². The van der Waals surface area contributed by atoms with Crippen LogP contribution < -0.4 is 0 Å². The summed E-state index contributed by atoms with van der Waals surface area (Å²) in [6.07, 6.45) is 2.67. The first-order chi connectivity index (χ1) is 9.93. The predicted molar refractivity (Wildman–Crippen MR) is 78.1 cm³/mol. The van der Waals surface area contributed by atoms with Crippen LogP contribution in [0.25, 0.3) is 0 Å². The van der Waals surface area contributed by atoms with Crippen LogP contribution in [0.2, 0.25) is 0 Å². The molecule has 1 aliphatic heterocycles. The number of carbonyl (C=O) groups is 2. The summed E-state index contributed by atoms with van der Waals surface area (Å²) in [7, 11) is 1.75. The van der Waals surface area contributed by atoms with E-state index < -0.39 is 11.4 Å². The minimum atomic E-state index is -0.805. The number of hydrogen-bond acceptors (Lipinski definition) is 3. The number of aryl methyl sites for hydroxylation is 2. The first kappa shape index (κ1) is 15.5. The number of piperidine rings is 1. The normalized spacial score (nSPS) is 22.3. The van der Waals surface area contributed by atoms with Crippen LogP contribution in [-0.4, -0.2) is 44.8 Å². The van der Waals surface area contributed by atoms with E-state index in [1.807, 2.05) is 13.8 Å². The second-order valence-electron chi connectivity index (χ2n) is 5.77. The molecular weight excluding hydrogens is 270 g/mol. The highest BCUT2D eigenvalue weighted by atomic mass is 16.4. The summed E-state index contributed by atoms with van der Waals surface area (Å²) >= 11 is 0. The Labute approximate surface area is 124 Å². The van der Waals surface area contributed by atoms with Crippen molar-refractivity contribution in [1.29, 1.82) is 0 Å². The van der Waals surface area contributed by atoms with Gasteiger partial charge >= 0.3 is 5.97 Å². The lowest BCUT2D eigenvalue weighted by atomic mass is 9.77. The molecule has 1 aromatic rings. The molecule has 1 atom stereocenters. The Balaban J connectivity index is 2.22. The first-order valence-electron chi connectivity index (χ1n) is 7.49. The van der Waals surface area contributed by atoms with E-state index in [2.05, 4.69) is 5.10 Å². The number of likely N-dealkylation sites (tertiary alicyclic amines) is 1. The molecule has 116 valence electrons. The summed E-state index contributed by atoms with van der Waals surface area (Å²) in [6.45, 7) is 4.76. The zero-order chi connectivity index (χ0) is 15.6. The number of carbonyl (C=O) groups excluding carboxylic acids is 1. The Morgan fingerprint density at radius 3 is 2.67 bits per heavy atom. The Morgan fingerprint density at radius 2 is 2.14 bits per heavy atom. The van der Waals surface area contributed by atoms with E-state index in [0.29, 0.717) is 25.1 Å². The van der Waals surface area contributed by atoms with Gasteiger partial charge in [0, 0.05) is 20.1 Å². The molecule has 0 aromatic carbocycles. The van der Waals surface area contributed by atoms with Crippen LogP contribution in [0.1, 0.15) is 49.3 Å². The van der Waals surface area contributed by atoms with Gasteiger partial charge < -0.3 is 10.0 Å². The summed E-state index contributed by atoms with van der Waals surface area (Å²) in [6, 6.07) is 1.80. The average molecular weight is 293 g/mol. The summed E-state index contributed by atoms with van der Waals surface area (Å²) < 4.78 is 1.59. The van der Waals surface area contributed by atoms with Gasteiger partial charge in [-0.05, 0) is 31.7 Å². The van der Waals surface area contributed by atoms with Crippen LogP contribution in [0.5, 0.6) is 0 Å². The maximum Gasteiger partial charge on any atom is 0.311 e. The number of amides is 1. The summed E-state index contributed by atoms with van der Waals surface area (Å²) in [5.41, 5.74) is 0.599. The molecule has 6 nitrogen and oxygen atoms in total. The summed E-state index contributed by atoms with van der Waals surface area (Å²) in [5.74, 6) is -0.926. The van der Waals surface area contributed by atoms with Gasteiger partial charge in [0.25, 0.3) is 5.91 Å². The van der Waals surface area contributed by atoms with Crippen molar-refractivity contribution >= 4 is 11.9 Å². The van der Waals surface area contributed by atoms with Gasteiger partial charge in [-0.3, -0.25) is 14.3 Å². The third kappa shape index (κ3) is 2.80. The lowest BCUT2D eigenvalue weighted by Crippen LogP contribution is -2.50. The molecule has 0 radical (unpaired) electrons. The second kappa shape index (κ2) is 5.87. The maximum absolute atomic E-state index is 12.6. The maximum atomic E-state index is 12.6. The average Bonchev–Trinajstić information content (AvgIpc) is 2.87. The second-order valence-corrected chi connectivity index (χ2v) is 5.77. The number of rotatable bonds is 4. The fourth-order valence-corrected chi connectivity index (χ4v) is 2.98. The van der Waals surface area contributed by atoms with Crippen LogP contribution in [0, 0.1) is 5.41 Å². The molecule has 1 fully saturated rings. The molecule has 1 aromatic heterocycles. The van der Waals surface area contributed by atoms with E-state index in [9.17, 15) is 14.7 Å². The molecule has 1 unspecified atom stereocenters. The van der Waals surface area contributed by atoms with Gasteiger partial charge in [-0.25, -0.2) is 0 Å². The van der Waals surface area contributed by atoms with Gasteiger partial charge in [-0.2, -0.15) is 5.10 Å². The highest BCUT2D eigenvalue weighted by Crippen LogP contribution is 2.34. The van der Waals surface area contributed by atoms with Crippen molar-refractivity contribution in [2.24, 2.45) is 12.5 Å². The number of carboxylic acid groups (broad SMARTS) is 1. The molecule has 6 heteroatoms. The predicted octanol–water partition coefficient (Wildman–Crippen LogP) is 1.70. The van der Waals surface area contributed by atoms with Crippen molar-refractivity contribution < 1.29 is 14.7 Å². The standard InChI is InChI=1S/C15H23N3O3/c1-4-11-9-12(17(3)16-11)13(19)18-8-6-7-15(5-2,10-18)14(20)21/h9H,4-8,10H2,1-3H3,(H,20,21). The SMILES string of the molecule is CCc1cc(C(=O)N2CCCC(CC)(C(=O)O)C2)n(C)n1. The number of aliphatic carboxylic acids is 1. The largest absolute Gasteiger partial charge is 0.481 e. The highest BCUT2D eigenvalue weighted by molar-refractivity contribution is 5.93. The molecule has 1 N–H and O–H groups in total. The Hall–Kier alpha value is -1.85. The molecule has 0 saturated carbocycles. The molecule has 0 spiro atoms. The van der Waals surface area contributed by atoms with Crippen molar-refractivity contribution in [2.45, 2.75) is 39.5 Å². The Bertz CT molecular complexity index is 552. The van der Waals surface area contributed by atoms with Gasteiger partial charge in [0.2, 0.25) is 0 Å². The molecule has 1 saturated heterocycles. The van der Waals surface area contributed by atoms with Crippen molar-refractivity contribution in [1.82, 2.24) is 14.7 Å². The van der Waals surface area contributed by atoms with Crippen molar-refractivity contribution in [3.05, 3.63) is 17.5 Å².